The fraction of sp³-hybridized carbons (Fsp3) is 0.100. The third kappa shape index (κ3) is 4.88. The number of cyclic esters (lactones) is 1. The van der Waals surface area contributed by atoms with Crippen LogP contribution in [0.5, 0.6) is 11.5 Å². The Labute approximate surface area is 247 Å². The Kier molecular flexibility index (Phi) is 7.10. The van der Waals surface area contributed by atoms with Gasteiger partial charge >= 0.3 is 11.9 Å². The zero-order valence-electron chi connectivity index (χ0n) is 21.1. The summed E-state index contributed by atoms with van der Waals surface area (Å²) in [6, 6.07) is 18.5. The molecule has 40 heavy (non-hydrogen) atoms. The highest BCUT2D eigenvalue weighted by Gasteiger charge is 2.28. The Hall–Kier alpha value is -3.69. The number of aryl methyl sites for hydroxylation is 1. The highest BCUT2D eigenvalue weighted by molar-refractivity contribution is 7.22. The summed E-state index contributed by atoms with van der Waals surface area (Å²) in [5.74, 6) is -0.444. The standard InChI is InChI=1S/C30H19Cl2NO5S2/c1-3-36-21-14-16(9-11-20(21)37-30(35)27-25(32)18-10-8-15(2)12-23(18)40-27)13-19-29(34)38-28(33-19)26-24(31)17-6-4-5-7-22(17)39-26/h4-14H,3H2,1-2H3/b19-13+. The first-order valence-electron chi connectivity index (χ1n) is 12.2. The first-order chi connectivity index (χ1) is 19.3. The zero-order valence-corrected chi connectivity index (χ0v) is 24.3. The van der Waals surface area contributed by atoms with Gasteiger partial charge in [0.2, 0.25) is 5.90 Å². The minimum atomic E-state index is -0.591. The number of aliphatic imine (C=N–C) groups is 1. The fourth-order valence-corrected chi connectivity index (χ4v) is 7.15. The smallest absolute Gasteiger partial charge is 0.363 e. The van der Waals surface area contributed by atoms with Crippen molar-refractivity contribution in [2.75, 3.05) is 6.61 Å². The third-order valence-electron chi connectivity index (χ3n) is 6.09. The van der Waals surface area contributed by atoms with E-state index in [1.165, 1.54) is 22.7 Å². The highest BCUT2D eigenvalue weighted by atomic mass is 35.5. The zero-order chi connectivity index (χ0) is 28.0. The van der Waals surface area contributed by atoms with E-state index < -0.39 is 11.9 Å². The number of thiophene rings is 2. The van der Waals surface area contributed by atoms with Crippen molar-refractivity contribution in [2.45, 2.75) is 13.8 Å². The molecule has 6 nitrogen and oxygen atoms in total. The molecule has 0 unspecified atom stereocenters. The van der Waals surface area contributed by atoms with Gasteiger partial charge in [0.15, 0.2) is 17.2 Å². The van der Waals surface area contributed by atoms with Crippen LogP contribution < -0.4 is 9.47 Å². The lowest BCUT2D eigenvalue weighted by Gasteiger charge is -2.11. The summed E-state index contributed by atoms with van der Waals surface area (Å²) >= 11 is 15.7. The van der Waals surface area contributed by atoms with Crippen molar-refractivity contribution in [2.24, 2.45) is 4.99 Å². The predicted octanol–water partition coefficient (Wildman–Crippen LogP) is 8.69. The minimum absolute atomic E-state index is 0.114. The van der Waals surface area contributed by atoms with Crippen molar-refractivity contribution >= 4 is 90.0 Å². The van der Waals surface area contributed by atoms with Crippen molar-refractivity contribution in [3.05, 3.63) is 97.3 Å². The van der Waals surface area contributed by atoms with Gasteiger partial charge in [-0.25, -0.2) is 14.6 Å². The van der Waals surface area contributed by atoms with E-state index in [0.717, 1.165) is 25.7 Å². The summed E-state index contributed by atoms with van der Waals surface area (Å²) in [5, 5.41) is 2.53. The average molecular weight is 609 g/mol. The molecule has 1 aliphatic rings. The summed E-state index contributed by atoms with van der Waals surface area (Å²) in [7, 11) is 0. The molecule has 6 rings (SSSR count). The summed E-state index contributed by atoms with van der Waals surface area (Å²) in [5.41, 5.74) is 1.80. The van der Waals surface area contributed by atoms with E-state index in [1.54, 1.807) is 24.3 Å². The van der Waals surface area contributed by atoms with Gasteiger partial charge in [-0.1, -0.05) is 59.6 Å². The van der Waals surface area contributed by atoms with Crippen molar-refractivity contribution < 1.29 is 23.8 Å². The van der Waals surface area contributed by atoms with E-state index >= 15 is 0 Å². The maximum atomic E-state index is 13.1. The van der Waals surface area contributed by atoms with Crippen LogP contribution in [-0.4, -0.2) is 24.4 Å². The van der Waals surface area contributed by atoms with Crippen LogP contribution in [0.25, 0.3) is 26.2 Å². The van der Waals surface area contributed by atoms with E-state index in [1.807, 2.05) is 56.3 Å². The number of carbonyl (C=O) groups excluding carboxylic acids is 2. The molecule has 0 saturated heterocycles. The molecule has 0 atom stereocenters. The van der Waals surface area contributed by atoms with E-state index in [-0.39, 0.29) is 17.3 Å². The number of carbonyl (C=O) groups is 2. The van der Waals surface area contributed by atoms with E-state index in [9.17, 15) is 9.59 Å². The number of rotatable bonds is 6. The SMILES string of the molecule is CCOc1cc(/C=C2/N=C(c3sc4ccccc4c3Cl)OC2=O)ccc1OC(=O)c1sc2cc(C)ccc2c1Cl. The van der Waals surface area contributed by atoms with Crippen LogP contribution in [0.15, 0.2) is 71.4 Å². The van der Waals surface area contributed by atoms with Gasteiger partial charge in [-0.2, -0.15) is 0 Å². The van der Waals surface area contributed by atoms with E-state index in [4.69, 9.17) is 37.4 Å². The lowest BCUT2D eigenvalue weighted by Crippen LogP contribution is -2.08. The number of halogens is 2. The number of esters is 2. The predicted molar refractivity (Wildman–Crippen MR) is 162 cm³/mol. The maximum Gasteiger partial charge on any atom is 0.363 e. The Morgan fingerprint density at radius 1 is 0.975 bits per heavy atom. The van der Waals surface area contributed by atoms with Crippen molar-refractivity contribution in [1.29, 1.82) is 0 Å². The summed E-state index contributed by atoms with van der Waals surface area (Å²) in [6.07, 6.45) is 1.58. The molecule has 0 bridgehead atoms. The van der Waals surface area contributed by atoms with Gasteiger partial charge in [-0.15, -0.1) is 22.7 Å². The molecule has 0 spiro atoms. The van der Waals surface area contributed by atoms with Gasteiger partial charge in [-0.05, 0) is 55.3 Å². The molecule has 1 aliphatic heterocycles. The molecule has 0 N–H and O–H groups in total. The molecular formula is C30H19Cl2NO5S2. The second-order valence-corrected chi connectivity index (χ2v) is 11.7. The molecular weight excluding hydrogens is 589 g/mol. The number of fused-ring (bicyclic) bond motifs is 2. The van der Waals surface area contributed by atoms with Gasteiger partial charge in [-0.3, -0.25) is 0 Å². The number of hydrogen-bond donors (Lipinski definition) is 0. The highest BCUT2D eigenvalue weighted by Crippen LogP contribution is 2.39. The largest absolute Gasteiger partial charge is 0.490 e. The molecule has 0 saturated carbocycles. The van der Waals surface area contributed by atoms with E-state index in [0.29, 0.717) is 37.7 Å². The van der Waals surface area contributed by atoms with Gasteiger partial charge in [0.25, 0.3) is 0 Å². The first-order valence-corrected chi connectivity index (χ1v) is 14.6. The molecule has 3 aromatic carbocycles. The molecule has 3 heterocycles. The molecule has 2 aromatic heterocycles. The van der Waals surface area contributed by atoms with Gasteiger partial charge in [0.1, 0.15) is 9.75 Å². The Bertz CT molecular complexity index is 1900. The van der Waals surface area contributed by atoms with Crippen LogP contribution in [-0.2, 0) is 9.53 Å². The molecule has 10 heteroatoms. The second kappa shape index (κ2) is 10.7. The molecule has 200 valence electrons. The van der Waals surface area contributed by atoms with Gasteiger partial charge < -0.3 is 14.2 Å². The average Bonchev–Trinajstić information content (AvgIpc) is 3.58. The van der Waals surface area contributed by atoms with Gasteiger partial charge in [0, 0.05) is 20.2 Å². The van der Waals surface area contributed by atoms with Crippen LogP contribution in [0, 0.1) is 6.92 Å². The number of hydrogen-bond acceptors (Lipinski definition) is 8. The van der Waals surface area contributed by atoms with Crippen molar-refractivity contribution in [1.82, 2.24) is 0 Å². The molecule has 0 aliphatic carbocycles. The fourth-order valence-electron chi connectivity index (χ4n) is 4.23. The van der Waals surface area contributed by atoms with Crippen molar-refractivity contribution in [3.63, 3.8) is 0 Å². The van der Waals surface area contributed by atoms with Crippen LogP contribution in [0.4, 0.5) is 0 Å². The van der Waals surface area contributed by atoms with Crippen molar-refractivity contribution in [3.8, 4) is 11.5 Å². The van der Waals surface area contributed by atoms with Crippen LogP contribution in [0.3, 0.4) is 0 Å². The number of ether oxygens (including phenoxy) is 3. The molecule has 0 fully saturated rings. The minimum Gasteiger partial charge on any atom is -0.490 e. The molecule has 0 radical (unpaired) electrons. The number of benzene rings is 3. The Balaban J connectivity index is 1.29. The Morgan fingerprint density at radius 3 is 2.58 bits per heavy atom. The normalized spacial score (nSPS) is 14.2. The van der Waals surface area contributed by atoms with Crippen LogP contribution in [0.1, 0.15) is 32.6 Å². The summed E-state index contributed by atoms with van der Waals surface area (Å²) < 4.78 is 18.8. The third-order valence-corrected chi connectivity index (χ3v) is 9.39. The molecule has 5 aromatic rings. The number of nitrogens with zero attached hydrogens (tertiary/aromatic N) is 1. The van der Waals surface area contributed by atoms with Crippen LogP contribution in [0.2, 0.25) is 10.0 Å². The molecule has 0 amide bonds. The quantitative estimate of drug-likeness (QED) is 0.110. The van der Waals surface area contributed by atoms with Gasteiger partial charge in [0.05, 0.1) is 16.7 Å². The monoisotopic (exact) mass is 607 g/mol. The van der Waals surface area contributed by atoms with E-state index in [2.05, 4.69) is 4.99 Å². The lowest BCUT2D eigenvalue weighted by molar-refractivity contribution is -0.129. The second-order valence-electron chi connectivity index (χ2n) is 8.85. The summed E-state index contributed by atoms with van der Waals surface area (Å²) in [6.45, 7) is 4.14. The lowest BCUT2D eigenvalue weighted by atomic mass is 10.1. The van der Waals surface area contributed by atoms with Crippen LogP contribution >= 0.6 is 45.9 Å². The topological polar surface area (TPSA) is 74.2 Å². The maximum absolute atomic E-state index is 13.1. The first kappa shape index (κ1) is 26.5. The summed E-state index contributed by atoms with van der Waals surface area (Å²) in [4.78, 5) is 31.0. The Morgan fingerprint density at radius 2 is 1.77 bits per heavy atom.